The number of benzene rings is 2. The molecule has 0 bridgehead atoms. The van der Waals surface area contributed by atoms with Crippen molar-refractivity contribution in [3.05, 3.63) is 89.0 Å². The summed E-state index contributed by atoms with van der Waals surface area (Å²) < 4.78 is 9.46. The lowest BCUT2D eigenvalue weighted by Crippen LogP contribution is -2.29. The van der Waals surface area contributed by atoms with Gasteiger partial charge in [-0.2, -0.15) is 0 Å². The van der Waals surface area contributed by atoms with Gasteiger partial charge in [-0.1, -0.05) is 88.4 Å². The third-order valence-electron chi connectivity index (χ3n) is 4.50. The van der Waals surface area contributed by atoms with Crippen molar-refractivity contribution in [2.75, 3.05) is 25.7 Å². The van der Waals surface area contributed by atoms with Crippen molar-refractivity contribution in [2.45, 2.75) is 27.7 Å². The van der Waals surface area contributed by atoms with Crippen molar-refractivity contribution < 1.29 is 29.1 Å². The van der Waals surface area contributed by atoms with Crippen molar-refractivity contribution in [1.82, 2.24) is 19.9 Å². The van der Waals surface area contributed by atoms with E-state index in [1.165, 1.54) is 26.6 Å². The van der Waals surface area contributed by atoms with Gasteiger partial charge in [0.2, 0.25) is 0 Å². The van der Waals surface area contributed by atoms with Gasteiger partial charge in [0.15, 0.2) is 23.0 Å². The van der Waals surface area contributed by atoms with Gasteiger partial charge in [-0.15, -0.1) is 0 Å². The van der Waals surface area contributed by atoms with Gasteiger partial charge < -0.3 is 31.0 Å². The molecular weight excluding hydrogens is 607 g/mol. The van der Waals surface area contributed by atoms with Crippen LogP contribution in [0.2, 0.25) is 0 Å². The molecule has 42 heavy (non-hydrogen) atoms. The Hall–Kier alpha value is -4.40. The summed E-state index contributed by atoms with van der Waals surface area (Å²) in [5.74, 6) is -1.06. The summed E-state index contributed by atoms with van der Waals surface area (Å²) in [6, 6.07) is 18.1. The Balaban J connectivity index is 0.000000592. The number of rotatable bonds is 4. The highest BCUT2D eigenvalue weighted by Crippen LogP contribution is 2.18. The van der Waals surface area contributed by atoms with Crippen LogP contribution < -0.4 is 16.9 Å². The van der Waals surface area contributed by atoms with Crippen molar-refractivity contribution in [2.24, 2.45) is 0 Å². The van der Waals surface area contributed by atoms with Crippen molar-refractivity contribution in [3.8, 4) is 11.3 Å². The molecule has 14 heteroatoms. The molecular formula is C28H36BBrN6O6. The SMILES string of the molecule is CC.CC.COC(=O)c1nc(-c2ccccc2)cnc1N.COC(=O)c1nc(Br)cnc1N.OB(O)c1ccccc1. The molecule has 12 nitrogen and oxygen atoms in total. The summed E-state index contributed by atoms with van der Waals surface area (Å²) in [4.78, 5) is 38.0. The molecule has 0 spiro atoms. The maximum Gasteiger partial charge on any atom is 0.488 e. The maximum absolute atomic E-state index is 11.4. The van der Waals surface area contributed by atoms with Gasteiger partial charge in [0.1, 0.15) is 4.60 Å². The van der Waals surface area contributed by atoms with Gasteiger partial charge in [0.25, 0.3) is 0 Å². The minimum Gasteiger partial charge on any atom is -0.464 e. The molecule has 0 aliphatic carbocycles. The molecule has 2 aromatic carbocycles. The minimum atomic E-state index is -1.34. The Labute approximate surface area is 254 Å². The van der Waals surface area contributed by atoms with Crippen LogP contribution in [0.5, 0.6) is 0 Å². The molecule has 0 radical (unpaired) electrons. The lowest BCUT2D eigenvalue weighted by molar-refractivity contribution is 0.0586. The highest BCUT2D eigenvalue weighted by molar-refractivity contribution is 9.10. The average Bonchev–Trinajstić information content (AvgIpc) is 3.05. The van der Waals surface area contributed by atoms with E-state index >= 15 is 0 Å². The number of carbonyl (C=O) groups is 2. The second-order valence-corrected chi connectivity index (χ2v) is 7.86. The van der Waals surface area contributed by atoms with Crippen molar-refractivity contribution in [1.29, 1.82) is 0 Å². The lowest BCUT2D eigenvalue weighted by atomic mass is 9.81. The first-order valence-electron chi connectivity index (χ1n) is 12.7. The molecule has 0 unspecified atom stereocenters. The fourth-order valence-corrected chi connectivity index (χ4v) is 2.92. The summed E-state index contributed by atoms with van der Waals surface area (Å²) in [7, 11) is 1.19. The fraction of sp³-hybridized carbons (Fsp3) is 0.214. The van der Waals surface area contributed by atoms with Crippen molar-refractivity contribution in [3.63, 3.8) is 0 Å². The fourth-order valence-electron chi connectivity index (χ4n) is 2.64. The van der Waals surface area contributed by atoms with E-state index in [4.69, 9.17) is 21.5 Å². The normalized spacial score (nSPS) is 8.98. The van der Waals surface area contributed by atoms with E-state index in [1.54, 1.807) is 24.3 Å². The molecule has 2 aromatic heterocycles. The number of ether oxygens (including phenoxy) is 2. The van der Waals surface area contributed by atoms with Crippen LogP contribution in [0, 0.1) is 0 Å². The Morgan fingerprint density at radius 2 is 1.17 bits per heavy atom. The maximum atomic E-state index is 11.4. The van der Waals surface area contributed by atoms with Crippen LogP contribution in [0.1, 0.15) is 48.7 Å². The Kier molecular flexibility index (Phi) is 19.1. The van der Waals surface area contributed by atoms with Crippen molar-refractivity contribution >= 4 is 52.1 Å². The quantitative estimate of drug-likeness (QED) is 0.187. The molecule has 0 aliphatic rings. The highest BCUT2D eigenvalue weighted by atomic mass is 79.9. The topological polar surface area (TPSA) is 197 Å². The molecule has 0 atom stereocenters. The van der Waals surface area contributed by atoms with Gasteiger partial charge in [-0.3, -0.25) is 0 Å². The van der Waals surface area contributed by atoms with Gasteiger partial charge in [0.05, 0.1) is 32.3 Å². The van der Waals surface area contributed by atoms with Crippen LogP contribution in [-0.4, -0.2) is 63.3 Å². The predicted molar refractivity (Wildman–Crippen MR) is 168 cm³/mol. The molecule has 0 saturated heterocycles. The first-order chi connectivity index (χ1) is 20.2. The molecule has 224 valence electrons. The first kappa shape index (κ1) is 37.6. The summed E-state index contributed by atoms with van der Waals surface area (Å²) in [5.41, 5.74) is 13.0. The zero-order valence-corrected chi connectivity index (χ0v) is 25.9. The van der Waals surface area contributed by atoms with Crippen LogP contribution in [0.15, 0.2) is 77.7 Å². The van der Waals surface area contributed by atoms with Gasteiger partial charge in [-0.25, -0.2) is 29.5 Å². The summed E-state index contributed by atoms with van der Waals surface area (Å²) in [6.07, 6.45) is 2.93. The molecule has 4 aromatic rings. The zero-order chi connectivity index (χ0) is 32.1. The van der Waals surface area contributed by atoms with Gasteiger partial charge in [0, 0.05) is 5.56 Å². The number of hydrogen-bond donors (Lipinski definition) is 4. The van der Waals surface area contributed by atoms with Gasteiger partial charge >= 0.3 is 19.1 Å². The van der Waals surface area contributed by atoms with Crippen LogP contribution in [0.4, 0.5) is 11.6 Å². The number of nitrogens with two attached hydrogens (primary N) is 2. The number of nitrogens with zero attached hydrogens (tertiary/aromatic N) is 4. The van der Waals surface area contributed by atoms with E-state index in [0.29, 0.717) is 15.8 Å². The third kappa shape index (κ3) is 12.8. The molecule has 0 fully saturated rings. The second kappa shape index (κ2) is 21.4. The van der Waals surface area contributed by atoms with E-state index in [1.807, 2.05) is 64.1 Å². The predicted octanol–water partition coefficient (Wildman–Crippen LogP) is 3.54. The Morgan fingerprint density at radius 3 is 1.60 bits per heavy atom. The van der Waals surface area contributed by atoms with Gasteiger partial charge in [-0.05, 0) is 21.4 Å². The Bertz CT molecular complexity index is 1350. The molecule has 6 N–H and O–H groups in total. The summed E-state index contributed by atoms with van der Waals surface area (Å²) >= 11 is 3.06. The number of carbonyl (C=O) groups excluding carboxylic acids is 2. The molecule has 4 rings (SSSR count). The van der Waals surface area contributed by atoms with E-state index in [9.17, 15) is 9.59 Å². The average molecular weight is 643 g/mol. The highest BCUT2D eigenvalue weighted by Gasteiger charge is 2.15. The number of methoxy groups -OCH3 is 2. The number of anilines is 2. The smallest absolute Gasteiger partial charge is 0.464 e. The number of halogens is 1. The standard InChI is InChI=1S/C12H11N3O2.C6H7BO2.C6H6BrN3O2.2C2H6/c1-17-12(16)10-11(13)14-7-9(15-10)8-5-3-2-4-6-8;8-7(9)6-4-2-1-3-5-6;1-12-6(11)4-5(8)9-2-3(7)10-4;2*1-2/h2-7H,1H3,(H2,13,14);1-5,8-9H;2H,1H3,(H2,8,9);2*1-2H3. The summed E-state index contributed by atoms with van der Waals surface area (Å²) in [6.45, 7) is 8.00. The zero-order valence-electron chi connectivity index (χ0n) is 24.4. The minimum absolute atomic E-state index is 0.0203. The molecule has 2 heterocycles. The number of nitrogen functional groups attached to an aromatic ring is 2. The third-order valence-corrected chi connectivity index (χ3v) is 4.88. The van der Waals surface area contributed by atoms with Crippen LogP contribution in [0.25, 0.3) is 11.3 Å². The number of esters is 2. The van der Waals surface area contributed by atoms with E-state index in [2.05, 4.69) is 45.3 Å². The number of hydrogen-bond acceptors (Lipinski definition) is 12. The number of aromatic nitrogens is 4. The molecule has 0 amide bonds. The first-order valence-corrected chi connectivity index (χ1v) is 13.5. The monoisotopic (exact) mass is 642 g/mol. The van der Waals surface area contributed by atoms with E-state index in [-0.39, 0.29) is 23.0 Å². The Morgan fingerprint density at radius 1 is 0.738 bits per heavy atom. The van der Waals surface area contributed by atoms with Crippen LogP contribution in [0.3, 0.4) is 0 Å². The van der Waals surface area contributed by atoms with Crippen LogP contribution >= 0.6 is 15.9 Å². The van der Waals surface area contributed by atoms with E-state index < -0.39 is 19.1 Å². The molecule has 0 saturated carbocycles. The van der Waals surface area contributed by atoms with Crippen LogP contribution in [-0.2, 0) is 9.47 Å². The second-order valence-electron chi connectivity index (χ2n) is 7.05. The summed E-state index contributed by atoms with van der Waals surface area (Å²) in [5, 5.41) is 17.2. The molecule has 0 aliphatic heterocycles. The van der Waals surface area contributed by atoms with E-state index in [0.717, 1.165) is 5.56 Å². The largest absolute Gasteiger partial charge is 0.488 e. The lowest BCUT2D eigenvalue weighted by Gasteiger charge is -2.05.